The van der Waals surface area contributed by atoms with E-state index in [4.69, 9.17) is 23.2 Å². The number of hydrogen-bond acceptors (Lipinski definition) is 5. The summed E-state index contributed by atoms with van der Waals surface area (Å²) in [5, 5.41) is 15.2. The summed E-state index contributed by atoms with van der Waals surface area (Å²) >= 11 is 12.4. The zero-order valence-corrected chi connectivity index (χ0v) is 23.4. The van der Waals surface area contributed by atoms with Crippen LogP contribution < -0.4 is 5.32 Å². The molecule has 0 radical (unpaired) electrons. The lowest BCUT2D eigenvalue weighted by molar-refractivity contribution is 0.0968. The number of carbonyl (C=O) groups excluding carboxylic acids is 1. The van der Waals surface area contributed by atoms with Crippen molar-refractivity contribution in [1.29, 1.82) is 0 Å². The number of Topliss-reactive ketones (excluding diaryl/α,β-unsaturated/α-hetero) is 1. The minimum absolute atomic E-state index is 0.117. The van der Waals surface area contributed by atoms with Crippen LogP contribution >= 0.6 is 23.2 Å². The van der Waals surface area contributed by atoms with Gasteiger partial charge in [0.1, 0.15) is 0 Å². The predicted molar refractivity (Wildman–Crippen MR) is 156 cm³/mol. The minimum Gasteiger partial charge on any atom is -0.505 e. The van der Waals surface area contributed by atoms with E-state index in [1.807, 2.05) is 12.1 Å². The maximum atomic E-state index is 13.3. The van der Waals surface area contributed by atoms with Crippen LogP contribution in [0.25, 0.3) is 22.0 Å². The lowest BCUT2D eigenvalue weighted by atomic mass is 9.85. The summed E-state index contributed by atoms with van der Waals surface area (Å²) in [6.07, 6.45) is 9.66. The van der Waals surface area contributed by atoms with Crippen molar-refractivity contribution >= 4 is 45.6 Å². The largest absolute Gasteiger partial charge is 0.505 e. The number of halogens is 2. The summed E-state index contributed by atoms with van der Waals surface area (Å²) in [7, 11) is 0. The highest BCUT2D eigenvalue weighted by Gasteiger charge is 2.33. The van der Waals surface area contributed by atoms with Crippen LogP contribution in [-0.4, -0.2) is 46.4 Å². The van der Waals surface area contributed by atoms with Crippen LogP contribution in [0.1, 0.15) is 62.2 Å². The van der Waals surface area contributed by atoms with Crippen LogP contribution in [0.15, 0.2) is 36.5 Å². The molecule has 3 aromatic rings. The molecule has 2 aromatic carbocycles. The third kappa shape index (κ3) is 5.38. The molecule has 2 aliphatic carbocycles. The molecular formula is C31H35Cl2N3O2. The van der Waals surface area contributed by atoms with Crippen molar-refractivity contribution in [3.63, 3.8) is 0 Å². The molecule has 7 heteroatoms. The fraction of sp³-hybridized carbons (Fsp3) is 0.484. The molecule has 1 saturated heterocycles. The molecule has 38 heavy (non-hydrogen) atoms. The standard InChI is InChI=1S/C31H35Cl2N3O2/c1-18-10-11-36(16-18)17-19-2-7-23(8-3-19)35-29-24-12-21(22-13-26(32)31(38)27(33)14-22)6-9-28(24)34-15-25(29)30(37)20-4-5-20/h6,9,12-15,18-20,23,38H,2-5,7-8,10-11,16-17H2,1H3,(H,34,35). The van der Waals surface area contributed by atoms with Gasteiger partial charge >= 0.3 is 0 Å². The zero-order valence-electron chi connectivity index (χ0n) is 21.9. The normalized spacial score (nSPS) is 24.1. The van der Waals surface area contributed by atoms with E-state index in [-0.39, 0.29) is 27.5 Å². The summed E-state index contributed by atoms with van der Waals surface area (Å²) < 4.78 is 0. The highest BCUT2D eigenvalue weighted by atomic mass is 35.5. The van der Waals surface area contributed by atoms with Gasteiger partial charge in [-0.05, 0) is 98.7 Å². The molecule has 3 aliphatic rings. The number of anilines is 1. The van der Waals surface area contributed by atoms with Crippen molar-refractivity contribution in [2.75, 3.05) is 25.0 Å². The number of benzene rings is 2. The number of ketones is 1. The molecular weight excluding hydrogens is 517 g/mol. The van der Waals surface area contributed by atoms with Gasteiger partial charge in [0, 0.05) is 36.6 Å². The Morgan fingerprint density at radius 2 is 1.76 bits per heavy atom. The second kappa shape index (κ2) is 10.7. The topological polar surface area (TPSA) is 65.5 Å². The van der Waals surface area contributed by atoms with Gasteiger partial charge in [-0.3, -0.25) is 9.78 Å². The number of phenols is 1. The van der Waals surface area contributed by atoms with Gasteiger partial charge < -0.3 is 15.3 Å². The lowest BCUT2D eigenvalue weighted by Gasteiger charge is -2.32. The van der Waals surface area contributed by atoms with Crippen molar-refractivity contribution in [3.8, 4) is 16.9 Å². The van der Waals surface area contributed by atoms with E-state index in [1.54, 1.807) is 18.3 Å². The Hall–Kier alpha value is -2.34. The number of likely N-dealkylation sites (tertiary alicyclic amines) is 1. The Balaban J connectivity index is 1.28. The third-order valence-corrected chi connectivity index (χ3v) is 9.23. The van der Waals surface area contributed by atoms with E-state index < -0.39 is 0 Å². The number of nitrogens with one attached hydrogen (secondary N) is 1. The van der Waals surface area contributed by atoms with Crippen LogP contribution in [-0.2, 0) is 0 Å². The van der Waals surface area contributed by atoms with Crippen LogP contribution in [0.3, 0.4) is 0 Å². The average molecular weight is 553 g/mol. The SMILES string of the molecule is CC1CCN(CC2CCC(Nc3c(C(=O)C4CC4)cnc4ccc(-c5cc(Cl)c(O)c(Cl)c5)cc34)CC2)C1. The number of phenolic OH excluding ortho intramolecular Hbond substituents is 1. The quantitative estimate of drug-likeness (QED) is 0.293. The Morgan fingerprint density at radius 1 is 1.03 bits per heavy atom. The number of nitrogens with zero attached hydrogens (tertiary/aromatic N) is 2. The fourth-order valence-corrected chi connectivity index (χ4v) is 6.75. The van der Waals surface area contributed by atoms with Gasteiger partial charge in [-0.15, -0.1) is 0 Å². The molecule has 2 saturated carbocycles. The zero-order chi connectivity index (χ0) is 26.4. The summed E-state index contributed by atoms with van der Waals surface area (Å²) in [5.41, 5.74) is 4.16. The van der Waals surface area contributed by atoms with E-state index in [1.165, 1.54) is 38.9 Å². The second-order valence-corrected chi connectivity index (χ2v) is 12.5. The Labute approximate surface area is 234 Å². The first kappa shape index (κ1) is 25.9. The number of carbonyl (C=O) groups is 1. The fourth-order valence-electron chi connectivity index (χ4n) is 6.26. The first-order chi connectivity index (χ1) is 18.4. The van der Waals surface area contributed by atoms with Gasteiger partial charge in [-0.1, -0.05) is 36.2 Å². The van der Waals surface area contributed by atoms with Gasteiger partial charge in [0.25, 0.3) is 0 Å². The molecule has 2 heterocycles. The number of aromatic nitrogens is 1. The van der Waals surface area contributed by atoms with Crippen molar-refractivity contribution in [2.45, 2.75) is 57.9 Å². The molecule has 1 unspecified atom stereocenters. The van der Waals surface area contributed by atoms with Gasteiger partial charge in [-0.25, -0.2) is 0 Å². The second-order valence-electron chi connectivity index (χ2n) is 11.7. The molecule has 0 bridgehead atoms. The minimum atomic E-state index is -0.117. The van der Waals surface area contributed by atoms with Gasteiger partial charge in [-0.2, -0.15) is 0 Å². The Morgan fingerprint density at radius 3 is 2.42 bits per heavy atom. The maximum absolute atomic E-state index is 13.3. The predicted octanol–water partition coefficient (Wildman–Crippen LogP) is 7.82. The first-order valence-electron chi connectivity index (χ1n) is 14.0. The number of aromatic hydroxyl groups is 1. The van der Waals surface area contributed by atoms with E-state index in [2.05, 4.69) is 28.2 Å². The number of fused-ring (bicyclic) bond motifs is 1. The summed E-state index contributed by atoms with van der Waals surface area (Å²) in [6, 6.07) is 9.78. The van der Waals surface area contributed by atoms with E-state index in [9.17, 15) is 9.90 Å². The van der Waals surface area contributed by atoms with E-state index in [0.717, 1.165) is 65.2 Å². The van der Waals surface area contributed by atoms with Crippen molar-refractivity contribution in [1.82, 2.24) is 9.88 Å². The molecule has 0 amide bonds. The van der Waals surface area contributed by atoms with E-state index >= 15 is 0 Å². The maximum Gasteiger partial charge on any atom is 0.169 e. The molecule has 1 aliphatic heterocycles. The lowest BCUT2D eigenvalue weighted by Crippen LogP contribution is -2.33. The molecule has 1 aromatic heterocycles. The molecule has 2 N–H and O–H groups in total. The molecule has 1 atom stereocenters. The van der Waals surface area contributed by atoms with Gasteiger partial charge in [0.05, 0.1) is 26.8 Å². The van der Waals surface area contributed by atoms with Crippen molar-refractivity contribution < 1.29 is 9.90 Å². The average Bonchev–Trinajstić information content (AvgIpc) is 3.69. The Kier molecular flexibility index (Phi) is 7.28. The van der Waals surface area contributed by atoms with Crippen LogP contribution in [0.4, 0.5) is 5.69 Å². The smallest absolute Gasteiger partial charge is 0.169 e. The summed E-state index contributed by atoms with van der Waals surface area (Å²) in [4.78, 5) is 20.6. The monoisotopic (exact) mass is 551 g/mol. The molecule has 200 valence electrons. The van der Waals surface area contributed by atoms with Crippen LogP contribution in [0.2, 0.25) is 10.0 Å². The first-order valence-corrected chi connectivity index (χ1v) is 14.8. The van der Waals surface area contributed by atoms with E-state index in [0.29, 0.717) is 11.6 Å². The third-order valence-electron chi connectivity index (χ3n) is 8.65. The van der Waals surface area contributed by atoms with Crippen molar-refractivity contribution in [2.24, 2.45) is 17.8 Å². The van der Waals surface area contributed by atoms with Gasteiger partial charge in [0.2, 0.25) is 0 Å². The molecule has 5 nitrogen and oxygen atoms in total. The highest BCUT2D eigenvalue weighted by Crippen LogP contribution is 2.41. The van der Waals surface area contributed by atoms with Crippen LogP contribution in [0, 0.1) is 17.8 Å². The molecule has 6 rings (SSSR count). The Bertz CT molecular complexity index is 1340. The summed E-state index contributed by atoms with van der Waals surface area (Å²) in [5.74, 6) is 1.78. The number of rotatable bonds is 7. The van der Waals surface area contributed by atoms with Crippen molar-refractivity contribution in [3.05, 3.63) is 52.1 Å². The number of pyridine rings is 1. The van der Waals surface area contributed by atoms with Gasteiger partial charge in [0.15, 0.2) is 11.5 Å². The highest BCUT2D eigenvalue weighted by molar-refractivity contribution is 6.37. The molecule has 3 fully saturated rings. The summed E-state index contributed by atoms with van der Waals surface area (Å²) in [6.45, 7) is 6.07. The molecule has 0 spiro atoms. The number of hydrogen-bond donors (Lipinski definition) is 2. The van der Waals surface area contributed by atoms with Crippen LogP contribution in [0.5, 0.6) is 5.75 Å².